The first-order chi connectivity index (χ1) is 5.29. The van der Waals surface area contributed by atoms with Gasteiger partial charge >= 0.3 is 5.97 Å². The number of carbonyl (C=O) groups excluding carboxylic acids is 1. The zero-order chi connectivity index (χ0) is 8.27. The largest absolute Gasteiger partial charge is 0.465 e. The summed E-state index contributed by atoms with van der Waals surface area (Å²) < 4.78 is 4.84. The van der Waals surface area contributed by atoms with Gasteiger partial charge in [-0.3, -0.25) is 5.32 Å². The number of rotatable bonds is 2. The molecule has 0 aromatic heterocycles. The standard InChI is InChI=1S/C8H13NO2/c1-3-6-5-9-7(6)8(10)11-4-2/h3,7,9H,4-5H2,1-2H3/b6-3+. The first-order valence-electron chi connectivity index (χ1n) is 3.84. The number of hydrogen-bond acceptors (Lipinski definition) is 3. The molecule has 1 saturated heterocycles. The molecule has 0 spiro atoms. The zero-order valence-corrected chi connectivity index (χ0v) is 6.89. The SMILES string of the molecule is C/C=C1\CNC1C(=O)OCC. The Morgan fingerprint density at radius 3 is 3.00 bits per heavy atom. The molecule has 1 aliphatic heterocycles. The lowest BCUT2D eigenvalue weighted by molar-refractivity contribution is -0.145. The van der Waals surface area contributed by atoms with Crippen molar-refractivity contribution in [3.05, 3.63) is 11.6 Å². The predicted octanol–water partition coefficient (Wildman–Crippen LogP) is 0.468. The van der Waals surface area contributed by atoms with Crippen molar-refractivity contribution in [3.8, 4) is 0 Å². The molecule has 62 valence electrons. The summed E-state index contributed by atoms with van der Waals surface area (Å²) in [5, 5.41) is 2.99. The summed E-state index contributed by atoms with van der Waals surface area (Å²) in [4.78, 5) is 11.1. The number of nitrogens with one attached hydrogen (secondary N) is 1. The molecule has 0 aromatic carbocycles. The van der Waals surface area contributed by atoms with Crippen LogP contribution >= 0.6 is 0 Å². The van der Waals surface area contributed by atoms with Gasteiger partial charge in [-0.15, -0.1) is 0 Å². The number of esters is 1. The molecule has 0 amide bonds. The van der Waals surface area contributed by atoms with Crippen LogP contribution in [-0.4, -0.2) is 25.2 Å². The Morgan fingerprint density at radius 2 is 2.64 bits per heavy atom. The molecular weight excluding hydrogens is 142 g/mol. The molecule has 3 nitrogen and oxygen atoms in total. The molecule has 0 radical (unpaired) electrons. The van der Waals surface area contributed by atoms with E-state index < -0.39 is 0 Å². The maximum absolute atomic E-state index is 11.1. The average molecular weight is 155 g/mol. The van der Waals surface area contributed by atoms with Crippen LogP contribution in [0.1, 0.15) is 13.8 Å². The highest BCUT2D eigenvalue weighted by molar-refractivity contribution is 5.81. The van der Waals surface area contributed by atoms with E-state index in [1.54, 1.807) is 0 Å². The van der Waals surface area contributed by atoms with Crippen molar-refractivity contribution in [2.45, 2.75) is 19.9 Å². The van der Waals surface area contributed by atoms with Crippen LogP contribution in [0, 0.1) is 0 Å². The quantitative estimate of drug-likeness (QED) is 0.465. The van der Waals surface area contributed by atoms with Gasteiger partial charge in [0, 0.05) is 6.54 Å². The van der Waals surface area contributed by atoms with Crippen LogP contribution in [0.4, 0.5) is 0 Å². The van der Waals surface area contributed by atoms with Crippen LogP contribution in [0.3, 0.4) is 0 Å². The molecule has 1 N–H and O–H groups in total. The van der Waals surface area contributed by atoms with E-state index in [1.165, 1.54) is 0 Å². The lowest BCUT2D eigenvalue weighted by Crippen LogP contribution is -2.51. The Morgan fingerprint density at radius 1 is 1.91 bits per heavy atom. The van der Waals surface area contributed by atoms with E-state index in [4.69, 9.17) is 4.74 Å². The van der Waals surface area contributed by atoms with Crippen LogP contribution in [-0.2, 0) is 9.53 Å². The summed E-state index contributed by atoms with van der Waals surface area (Å²) in [7, 11) is 0. The number of carbonyl (C=O) groups is 1. The molecule has 1 unspecified atom stereocenters. The van der Waals surface area contributed by atoms with Crippen molar-refractivity contribution in [3.63, 3.8) is 0 Å². The Bertz CT molecular complexity index is 187. The summed E-state index contributed by atoms with van der Waals surface area (Å²) in [6.45, 7) is 5.02. The minimum atomic E-state index is -0.167. The van der Waals surface area contributed by atoms with Gasteiger partial charge in [-0.05, 0) is 19.4 Å². The first kappa shape index (κ1) is 8.27. The lowest BCUT2D eigenvalue weighted by Gasteiger charge is -2.29. The number of hydrogen-bond donors (Lipinski definition) is 1. The summed E-state index contributed by atoms with van der Waals surface area (Å²) in [6, 6.07) is -0.167. The van der Waals surface area contributed by atoms with Crippen LogP contribution in [0.15, 0.2) is 11.6 Å². The van der Waals surface area contributed by atoms with Gasteiger partial charge in [-0.25, -0.2) is 4.79 Å². The Balaban J connectivity index is 2.42. The molecule has 3 heteroatoms. The Labute approximate surface area is 66.4 Å². The van der Waals surface area contributed by atoms with Gasteiger partial charge in [0.25, 0.3) is 0 Å². The molecule has 0 aromatic rings. The van der Waals surface area contributed by atoms with Crippen molar-refractivity contribution < 1.29 is 9.53 Å². The molecule has 0 saturated carbocycles. The summed E-state index contributed by atoms with van der Waals surface area (Å²) >= 11 is 0. The molecule has 0 bridgehead atoms. The number of ether oxygens (including phenoxy) is 1. The highest BCUT2D eigenvalue weighted by atomic mass is 16.5. The maximum atomic E-state index is 11.1. The second-order valence-electron chi connectivity index (χ2n) is 2.43. The van der Waals surface area contributed by atoms with Gasteiger partial charge in [0.15, 0.2) is 0 Å². The van der Waals surface area contributed by atoms with Crippen LogP contribution in [0.25, 0.3) is 0 Å². The third-order valence-electron chi connectivity index (χ3n) is 1.77. The third-order valence-corrected chi connectivity index (χ3v) is 1.77. The smallest absolute Gasteiger partial charge is 0.327 e. The fourth-order valence-electron chi connectivity index (χ4n) is 1.05. The Hall–Kier alpha value is -0.830. The highest BCUT2D eigenvalue weighted by Gasteiger charge is 2.30. The minimum absolute atomic E-state index is 0.160. The van der Waals surface area contributed by atoms with Crippen molar-refractivity contribution >= 4 is 5.97 Å². The second kappa shape index (κ2) is 3.53. The molecular formula is C8H13NO2. The van der Waals surface area contributed by atoms with E-state index in [0.29, 0.717) is 6.61 Å². The van der Waals surface area contributed by atoms with E-state index in [2.05, 4.69) is 5.32 Å². The van der Waals surface area contributed by atoms with Crippen molar-refractivity contribution in [1.29, 1.82) is 0 Å². The number of allylic oxidation sites excluding steroid dienone is 1. The highest BCUT2D eigenvalue weighted by Crippen LogP contribution is 2.12. The van der Waals surface area contributed by atoms with E-state index in [9.17, 15) is 4.79 Å². The topological polar surface area (TPSA) is 38.3 Å². The molecule has 11 heavy (non-hydrogen) atoms. The molecule has 1 aliphatic rings. The van der Waals surface area contributed by atoms with E-state index in [0.717, 1.165) is 12.1 Å². The van der Waals surface area contributed by atoms with Gasteiger partial charge in [0.1, 0.15) is 6.04 Å². The van der Waals surface area contributed by atoms with Crippen molar-refractivity contribution in [2.24, 2.45) is 0 Å². The van der Waals surface area contributed by atoms with Crippen molar-refractivity contribution in [1.82, 2.24) is 5.32 Å². The normalized spacial score (nSPS) is 26.4. The van der Waals surface area contributed by atoms with E-state index in [-0.39, 0.29) is 12.0 Å². The lowest BCUT2D eigenvalue weighted by atomic mass is 10.00. The summed E-state index contributed by atoms with van der Waals surface area (Å²) in [6.07, 6.45) is 1.96. The van der Waals surface area contributed by atoms with Crippen LogP contribution in [0.5, 0.6) is 0 Å². The van der Waals surface area contributed by atoms with Gasteiger partial charge < -0.3 is 4.74 Å². The van der Waals surface area contributed by atoms with Crippen molar-refractivity contribution in [2.75, 3.05) is 13.2 Å². The van der Waals surface area contributed by atoms with Crippen LogP contribution in [0.2, 0.25) is 0 Å². The fraction of sp³-hybridized carbons (Fsp3) is 0.625. The van der Waals surface area contributed by atoms with Gasteiger partial charge in [-0.1, -0.05) is 6.08 Å². The molecule has 0 aliphatic carbocycles. The van der Waals surface area contributed by atoms with E-state index >= 15 is 0 Å². The maximum Gasteiger partial charge on any atom is 0.327 e. The van der Waals surface area contributed by atoms with Crippen LogP contribution < -0.4 is 5.32 Å². The van der Waals surface area contributed by atoms with Gasteiger partial charge in [-0.2, -0.15) is 0 Å². The molecule has 1 rings (SSSR count). The molecule has 1 atom stereocenters. The predicted molar refractivity (Wildman–Crippen MR) is 42.2 cm³/mol. The summed E-state index contributed by atoms with van der Waals surface area (Å²) in [5.41, 5.74) is 1.13. The summed E-state index contributed by atoms with van der Waals surface area (Å²) in [5.74, 6) is -0.160. The molecule has 1 heterocycles. The van der Waals surface area contributed by atoms with Gasteiger partial charge in [0.2, 0.25) is 0 Å². The van der Waals surface area contributed by atoms with Gasteiger partial charge in [0.05, 0.1) is 6.61 Å². The first-order valence-corrected chi connectivity index (χ1v) is 3.84. The third kappa shape index (κ3) is 1.60. The Kier molecular flexibility index (Phi) is 2.65. The average Bonchev–Trinajstić information content (AvgIpc) is 1.86. The fourth-order valence-corrected chi connectivity index (χ4v) is 1.05. The second-order valence-corrected chi connectivity index (χ2v) is 2.43. The monoisotopic (exact) mass is 155 g/mol. The van der Waals surface area contributed by atoms with E-state index in [1.807, 2.05) is 19.9 Å². The minimum Gasteiger partial charge on any atom is -0.465 e. The molecule has 1 fully saturated rings. The zero-order valence-electron chi connectivity index (χ0n) is 6.89.